The second kappa shape index (κ2) is 10.9. The lowest BCUT2D eigenvalue weighted by molar-refractivity contribution is -0.147. The van der Waals surface area contributed by atoms with Crippen LogP contribution in [-0.2, 0) is 14.3 Å². The maximum absolute atomic E-state index is 13.6. The minimum Gasteiger partial charge on any atom is -0.444 e. The van der Waals surface area contributed by atoms with Gasteiger partial charge in [0.1, 0.15) is 18.2 Å². The van der Waals surface area contributed by atoms with Gasteiger partial charge in [-0.15, -0.1) is 0 Å². The number of rotatable bonds is 8. The Kier molecular flexibility index (Phi) is 9.28. The largest absolute Gasteiger partial charge is 0.444 e. The normalized spacial score (nSPS) is 13.0. The molecule has 0 aliphatic rings. The van der Waals surface area contributed by atoms with E-state index >= 15 is 0 Å². The number of nitrogens with one attached hydrogen (secondary N) is 2. The van der Waals surface area contributed by atoms with Crippen LogP contribution in [0.1, 0.15) is 85.9 Å². The van der Waals surface area contributed by atoms with Crippen molar-refractivity contribution in [2.75, 3.05) is 6.54 Å². The maximum atomic E-state index is 13.6. The highest BCUT2D eigenvalue weighted by Gasteiger charge is 2.40. The minimum absolute atomic E-state index is 0.293. The Morgan fingerprint density at radius 1 is 1.09 bits per heavy atom. The Hall–Kier alpha value is -2.83. The molecule has 0 aliphatic carbocycles. The first-order chi connectivity index (χ1) is 15.0. The fraction of sp³-hybridized carbons (Fsp3) is 0.577. The molecule has 0 radical (unpaired) electrons. The Balaban J connectivity index is 3.45. The summed E-state index contributed by atoms with van der Waals surface area (Å²) >= 11 is 0. The molecule has 0 saturated heterocycles. The number of alkyl carbamates (subject to hydrolysis) is 1. The van der Waals surface area contributed by atoms with Crippen molar-refractivity contribution in [3.8, 4) is 0 Å². The van der Waals surface area contributed by atoms with Crippen molar-refractivity contribution in [1.82, 2.24) is 15.5 Å². The Bertz CT molecular complexity index is 863. The van der Waals surface area contributed by atoms with Crippen LogP contribution in [0.5, 0.6) is 0 Å². The second-order valence-electron chi connectivity index (χ2n) is 10.8. The number of hydrogen-bond acceptors (Lipinski definition) is 4. The molecule has 0 spiro atoms. The smallest absolute Gasteiger partial charge is 0.408 e. The van der Waals surface area contributed by atoms with Crippen LogP contribution in [0.15, 0.2) is 30.8 Å². The van der Waals surface area contributed by atoms with Crippen molar-refractivity contribution in [2.24, 2.45) is 0 Å². The van der Waals surface area contributed by atoms with E-state index in [1.807, 2.05) is 65.8 Å². The molecule has 0 aliphatic heterocycles. The SMILES string of the molecule is C=Cc1cccc(C(C(=O)NC(C)(C)C)N(C(=O)CNC(=O)OC(C)(C)C)C(C)(C)CC)c1. The van der Waals surface area contributed by atoms with E-state index in [0.29, 0.717) is 12.0 Å². The second-order valence-corrected chi connectivity index (χ2v) is 10.8. The van der Waals surface area contributed by atoms with Crippen molar-refractivity contribution in [3.05, 3.63) is 42.0 Å². The molecule has 184 valence electrons. The van der Waals surface area contributed by atoms with Crippen LogP contribution in [0, 0.1) is 0 Å². The van der Waals surface area contributed by atoms with Gasteiger partial charge in [-0.05, 0) is 79.0 Å². The van der Waals surface area contributed by atoms with E-state index in [2.05, 4.69) is 17.2 Å². The molecular weight excluding hydrogens is 418 g/mol. The molecule has 0 bridgehead atoms. The average Bonchev–Trinajstić information content (AvgIpc) is 2.67. The molecule has 1 aromatic carbocycles. The van der Waals surface area contributed by atoms with Crippen LogP contribution < -0.4 is 10.6 Å². The third-order valence-electron chi connectivity index (χ3n) is 5.04. The van der Waals surface area contributed by atoms with Crippen LogP contribution in [0.2, 0.25) is 0 Å². The van der Waals surface area contributed by atoms with Crippen molar-refractivity contribution in [1.29, 1.82) is 0 Å². The summed E-state index contributed by atoms with van der Waals surface area (Å²) in [4.78, 5) is 40.8. The summed E-state index contributed by atoms with van der Waals surface area (Å²) in [7, 11) is 0. The van der Waals surface area contributed by atoms with Gasteiger partial charge >= 0.3 is 6.09 Å². The molecule has 1 aromatic rings. The molecule has 0 heterocycles. The molecule has 33 heavy (non-hydrogen) atoms. The molecule has 2 N–H and O–H groups in total. The predicted molar refractivity (Wildman–Crippen MR) is 133 cm³/mol. The topological polar surface area (TPSA) is 87.7 Å². The zero-order valence-electron chi connectivity index (χ0n) is 21.7. The highest BCUT2D eigenvalue weighted by Crippen LogP contribution is 2.32. The number of amides is 3. The first-order valence-corrected chi connectivity index (χ1v) is 11.3. The average molecular weight is 460 g/mol. The van der Waals surface area contributed by atoms with Crippen LogP contribution in [0.4, 0.5) is 4.79 Å². The van der Waals surface area contributed by atoms with Gasteiger partial charge in [0, 0.05) is 11.1 Å². The van der Waals surface area contributed by atoms with Gasteiger partial charge in [0.2, 0.25) is 11.8 Å². The predicted octanol–water partition coefficient (Wildman–Crippen LogP) is 4.83. The van der Waals surface area contributed by atoms with E-state index < -0.39 is 28.8 Å². The number of nitrogens with zero attached hydrogens (tertiary/aromatic N) is 1. The summed E-state index contributed by atoms with van der Waals surface area (Å²) in [5, 5.41) is 5.54. The monoisotopic (exact) mass is 459 g/mol. The number of carbonyl (C=O) groups is 3. The molecule has 0 fully saturated rings. The summed E-state index contributed by atoms with van der Waals surface area (Å²) in [6.07, 6.45) is 1.61. The van der Waals surface area contributed by atoms with E-state index in [1.54, 1.807) is 31.7 Å². The van der Waals surface area contributed by atoms with Crippen molar-refractivity contribution < 1.29 is 19.1 Å². The lowest BCUT2D eigenvalue weighted by Gasteiger charge is -2.44. The number of ether oxygens (including phenoxy) is 1. The third-order valence-corrected chi connectivity index (χ3v) is 5.04. The summed E-state index contributed by atoms with van der Waals surface area (Å²) in [6, 6.07) is 6.51. The first-order valence-electron chi connectivity index (χ1n) is 11.3. The summed E-state index contributed by atoms with van der Waals surface area (Å²) in [5.74, 6) is -0.679. The summed E-state index contributed by atoms with van der Waals surface area (Å²) in [6.45, 7) is 20.2. The van der Waals surface area contributed by atoms with Gasteiger partial charge in [-0.25, -0.2) is 4.79 Å². The molecule has 0 aromatic heterocycles. The number of carbonyl (C=O) groups excluding carboxylic acids is 3. The van der Waals surface area contributed by atoms with Gasteiger partial charge in [-0.3, -0.25) is 9.59 Å². The highest BCUT2D eigenvalue weighted by atomic mass is 16.6. The number of hydrogen-bond donors (Lipinski definition) is 2. The van der Waals surface area contributed by atoms with Crippen molar-refractivity contribution in [3.63, 3.8) is 0 Å². The van der Waals surface area contributed by atoms with Gasteiger partial charge in [-0.1, -0.05) is 37.8 Å². The fourth-order valence-electron chi connectivity index (χ4n) is 3.26. The van der Waals surface area contributed by atoms with E-state index in [1.165, 1.54) is 0 Å². The Morgan fingerprint density at radius 3 is 2.18 bits per heavy atom. The van der Waals surface area contributed by atoms with Gasteiger partial charge in [0.05, 0.1) is 0 Å². The minimum atomic E-state index is -0.896. The van der Waals surface area contributed by atoms with Gasteiger partial charge in [0.15, 0.2) is 0 Å². The van der Waals surface area contributed by atoms with E-state index in [4.69, 9.17) is 4.74 Å². The maximum Gasteiger partial charge on any atom is 0.408 e. The molecule has 1 atom stereocenters. The molecule has 0 saturated carbocycles. The number of benzene rings is 1. The summed E-state index contributed by atoms with van der Waals surface area (Å²) in [5.41, 5.74) is -0.339. The van der Waals surface area contributed by atoms with E-state index in [-0.39, 0.29) is 18.4 Å². The Morgan fingerprint density at radius 2 is 1.70 bits per heavy atom. The lowest BCUT2D eigenvalue weighted by atomic mass is 9.92. The standard InChI is InChI=1S/C26H41N3O4/c1-11-18-14-13-15-19(16-18)21(22(31)28-24(3,4)5)29(26(9,10)12-2)20(30)17-27-23(32)33-25(6,7)8/h11,13-16,21H,1,12,17H2,2-10H3,(H,27,32)(H,28,31). The van der Waals surface area contributed by atoms with Gasteiger partial charge < -0.3 is 20.3 Å². The van der Waals surface area contributed by atoms with Crippen LogP contribution in [-0.4, -0.2) is 46.0 Å². The molecule has 1 unspecified atom stereocenters. The molecule has 1 rings (SSSR count). The van der Waals surface area contributed by atoms with Crippen LogP contribution in [0.3, 0.4) is 0 Å². The molecule has 7 heteroatoms. The van der Waals surface area contributed by atoms with Crippen LogP contribution >= 0.6 is 0 Å². The highest BCUT2D eigenvalue weighted by molar-refractivity contribution is 5.91. The summed E-state index contributed by atoms with van der Waals surface area (Å²) < 4.78 is 5.26. The van der Waals surface area contributed by atoms with Gasteiger partial charge in [0.25, 0.3) is 0 Å². The van der Waals surface area contributed by atoms with Gasteiger partial charge in [-0.2, -0.15) is 0 Å². The Labute approximate surface area is 198 Å². The molecule has 7 nitrogen and oxygen atoms in total. The fourth-order valence-corrected chi connectivity index (χ4v) is 3.26. The third kappa shape index (κ3) is 8.91. The van der Waals surface area contributed by atoms with E-state index in [9.17, 15) is 14.4 Å². The quantitative estimate of drug-likeness (QED) is 0.583. The zero-order valence-corrected chi connectivity index (χ0v) is 21.7. The molecule has 3 amide bonds. The van der Waals surface area contributed by atoms with Crippen LogP contribution in [0.25, 0.3) is 6.08 Å². The van der Waals surface area contributed by atoms with E-state index in [0.717, 1.165) is 5.56 Å². The van der Waals surface area contributed by atoms with Crippen molar-refractivity contribution in [2.45, 2.75) is 91.5 Å². The zero-order chi connectivity index (χ0) is 25.6. The van der Waals surface area contributed by atoms with Crippen molar-refractivity contribution >= 4 is 24.0 Å². The molecular formula is C26H41N3O4. The first kappa shape index (κ1) is 28.2. The lowest BCUT2D eigenvalue weighted by Crippen LogP contribution is -2.57.